The summed E-state index contributed by atoms with van der Waals surface area (Å²) in [7, 11) is 1.60. The van der Waals surface area contributed by atoms with E-state index < -0.39 is 0 Å². The SMILES string of the molecule is C=CCNC(=O)CN=C(N)Nc1ccc(OC)cc1.I. The maximum Gasteiger partial charge on any atom is 0.242 e. The van der Waals surface area contributed by atoms with Crippen molar-refractivity contribution in [3.05, 3.63) is 36.9 Å². The smallest absolute Gasteiger partial charge is 0.242 e. The van der Waals surface area contributed by atoms with Crippen molar-refractivity contribution in [3.8, 4) is 5.75 Å². The second-order valence-electron chi connectivity index (χ2n) is 3.65. The van der Waals surface area contributed by atoms with Crippen LogP contribution >= 0.6 is 24.0 Å². The number of rotatable bonds is 6. The summed E-state index contributed by atoms with van der Waals surface area (Å²) in [5.41, 5.74) is 6.43. The van der Waals surface area contributed by atoms with Crippen molar-refractivity contribution in [2.75, 3.05) is 25.5 Å². The molecule has 7 heteroatoms. The largest absolute Gasteiger partial charge is 0.497 e. The lowest BCUT2D eigenvalue weighted by Gasteiger charge is -2.06. The Morgan fingerprint density at radius 1 is 1.45 bits per heavy atom. The first-order chi connectivity index (χ1) is 9.15. The number of nitrogens with zero attached hydrogens (tertiary/aromatic N) is 1. The fourth-order valence-corrected chi connectivity index (χ4v) is 1.26. The topological polar surface area (TPSA) is 88.7 Å². The summed E-state index contributed by atoms with van der Waals surface area (Å²) in [6.07, 6.45) is 1.60. The lowest BCUT2D eigenvalue weighted by Crippen LogP contribution is -2.29. The van der Waals surface area contributed by atoms with E-state index in [-0.39, 0.29) is 42.4 Å². The van der Waals surface area contributed by atoms with Crippen LogP contribution in [-0.2, 0) is 4.79 Å². The third-order valence-corrected chi connectivity index (χ3v) is 2.20. The number of benzene rings is 1. The van der Waals surface area contributed by atoms with Gasteiger partial charge < -0.3 is 21.1 Å². The molecule has 0 heterocycles. The number of hydrogen-bond donors (Lipinski definition) is 3. The van der Waals surface area contributed by atoms with E-state index in [9.17, 15) is 4.79 Å². The van der Waals surface area contributed by atoms with Gasteiger partial charge in [0.1, 0.15) is 12.3 Å². The number of hydrogen-bond acceptors (Lipinski definition) is 3. The molecule has 0 unspecified atom stereocenters. The number of amides is 1. The van der Waals surface area contributed by atoms with E-state index in [1.807, 2.05) is 0 Å². The van der Waals surface area contributed by atoms with Gasteiger partial charge in [-0.25, -0.2) is 4.99 Å². The van der Waals surface area contributed by atoms with Crippen LogP contribution in [0.15, 0.2) is 41.9 Å². The van der Waals surface area contributed by atoms with Crippen molar-refractivity contribution in [2.24, 2.45) is 10.7 Å². The van der Waals surface area contributed by atoms with Crippen LogP contribution in [0.4, 0.5) is 5.69 Å². The quantitative estimate of drug-likeness (QED) is 0.296. The number of nitrogens with one attached hydrogen (secondary N) is 2. The van der Waals surface area contributed by atoms with Crippen LogP contribution in [0.3, 0.4) is 0 Å². The molecule has 4 N–H and O–H groups in total. The van der Waals surface area contributed by atoms with Gasteiger partial charge in [-0.3, -0.25) is 4.79 Å². The molecule has 0 saturated heterocycles. The van der Waals surface area contributed by atoms with E-state index >= 15 is 0 Å². The Kier molecular flexibility index (Phi) is 9.18. The molecule has 0 radical (unpaired) electrons. The number of methoxy groups -OCH3 is 1. The average molecular weight is 390 g/mol. The number of halogens is 1. The van der Waals surface area contributed by atoms with Crippen LogP contribution in [0.5, 0.6) is 5.75 Å². The van der Waals surface area contributed by atoms with Crippen LogP contribution in [0, 0.1) is 0 Å². The summed E-state index contributed by atoms with van der Waals surface area (Å²) >= 11 is 0. The standard InChI is InChI=1S/C13H18N4O2.HI/c1-3-8-15-12(18)9-16-13(14)17-10-4-6-11(19-2)7-5-10;/h3-7H,1,8-9H2,2H3,(H,15,18)(H3,14,16,17);1H. The molecule has 1 aromatic rings. The number of carbonyl (C=O) groups excluding carboxylic acids is 1. The molecular formula is C13H19IN4O2. The Morgan fingerprint density at radius 3 is 2.65 bits per heavy atom. The summed E-state index contributed by atoms with van der Waals surface area (Å²) in [5.74, 6) is 0.725. The van der Waals surface area contributed by atoms with E-state index in [1.54, 1.807) is 37.5 Å². The molecule has 0 bridgehead atoms. The minimum atomic E-state index is -0.209. The molecule has 0 fully saturated rings. The first-order valence-electron chi connectivity index (χ1n) is 5.74. The van der Waals surface area contributed by atoms with E-state index in [1.165, 1.54) is 0 Å². The van der Waals surface area contributed by atoms with E-state index in [2.05, 4.69) is 22.2 Å². The van der Waals surface area contributed by atoms with Crippen molar-refractivity contribution < 1.29 is 9.53 Å². The van der Waals surface area contributed by atoms with Crippen LogP contribution in [-0.4, -0.2) is 32.1 Å². The summed E-state index contributed by atoms with van der Waals surface area (Å²) < 4.78 is 5.04. The third kappa shape index (κ3) is 6.98. The highest BCUT2D eigenvalue weighted by Gasteiger charge is 1.99. The number of nitrogens with two attached hydrogens (primary N) is 1. The van der Waals surface area contributed by atoms with E-state index in [0.29, 0.717) is 6.54 Å². The molecule has 1 aromatic carbocycles. The summed E-state index contributed by atoms with van der Waals surface area (Å²) in [4.78, 5) is 15.2. The van der Waals surface area contributed by atoms with Gasteiger partial charge in [0.15, 0.2) is 5.96 Å². The van der Waals surface area contributed by atoms with Gasteiger partial charge in [0, 0.05) is 12.2 Å². The molecule has 0 aliphatic carbocycles. The monoisotopic (exact) mass is 390 g/mol. The molecule has 1 amide bonds. The van der Waals surface area contributed by atoms with Gasteiger partial charge in [-0.1, -0.05) is 6.08 Å². The summed E-state index contributed by atoms with van der Waals surface area (Å²) in [6.45, 7) is 3.89. The first kappa shape index (κ1) is 18.2. The van der Waals surface area contributed by atoms with Gasteiger partial charge in [0.2, 0.25) is 5.91 Å². The van der Waals surface area contributed by atoms with Gasteiger partial charge in [0.25, 0.3) is 0 Å². The molecule has 20 heavy (non-hydrogen) atoms. The highest BCUT2D eigenvalue weighted by atomic mass is 127. The molecule has 0 spiro atoms. The average Bonchev–Trinajstić information content (AvgIpc) is 2.43. The molecule has 0 aliphatic heterocycles. The molecule has 6 nitrogen and oxygen atoms in total. The lowest BCUT2D eigenvalue weighted by molar-refractivity contribution is -0.119. The third-order valence-electron chi connectivity index (χ3n) is 2.20. The zero-order valence-electron chi connectivity index (χ0n) is 11.3. The van der Waals surface area contributed by atoms with Crippen molar-refractivity contribution in [1.82, 2.24) is 5.32 Å². The van der Waals surface area contributed by atoms with Crippen molar-refractivity contribution in [3.63, 3.8) is 0 Å². The molecule has 1 rings (SSSR count). The minimum absolute atomic E-state index is 0. The first-order valence-corrected chi connectivity index (χ1v) is 5.74. The maximum absolute atomic E-state index is 11.3. The second kappa shape index (κ2) is 10.1. The van der Waals surface area contributed by atoms with Gasteiger partial charge in [-0.2, -0.15) is 0 Å². The van der Waals surface area contributed by atoms with Crippen molar-refractivity contribution in [2.45, 2.75) is 0 Å². The van der Waals surface area contributed by atoms with Gasteiger partial charge >= 0.3 is 0 Å². The van der Waals surface area contributed by atoms with Crippen LogP contribution < -0.4 is 21.1 Å². The predicted molar refractivity (Wildman–Crippen MR) is 91.7 cm³/mol. The van der Waals surface area contributed by atoms with Crippen LogP contribution in [0.2, 0.25) is 0 Å². The Bertz CT molecular complexity index is 460. The van der Waals surface area contributed by atoms with Gasteiger partial charge in [-0.05, 0) is 24.3 Å². The molecule has 0 saturated carbocycles. The Balaban J connectivity index is 0.00000361. The van der Waals surface area contributed by atoms with E-state index in [4.69, 9.17) is 10.5 Å². The second-order valence-corrected chi connectivity index (χ2v) is 3.65. The van der Waals surface area contributed by atoms with E-state index in [0.717, 1.165) is 11.4 Å². The van der Waals surface area contributed by atoms with Crippen LogP contribution in [0.25, 0.3) is 0 Å². The van der Waals surface area contributed by atoms with Gasteiger partial charge in [-0.15, -0.1) is 30.6 Å². The highest BCUT2D eigenvalue weighted by molar-refractivity contribution is 14.0. The summed E-state index contributed by atoms with van der Waals surface area (Å²) in [6, 6.07) is 7.21. The van der Waals surface area contributed by atoms with Crippen molar-refractivity contribution in [1.29, 1.82) is 0 Å². The zero-order chi connectivity index (χ0) is 14.1. The maximum atomic E-state index is 11.3. The Hall–Kier alpha value is -1.77. The zero-order valence-corrected chi connectivity index (χ0v) is 13.6. The number of ether oxygens (including phenoxy) is 1. The summed E-state index contributed by atoms with van der Waals surface area (Å²) in [5, 5.41) is 5.48. The minimum Gasteiger partial charge on any atom is -0.497 e. The Labute approximate surface area is 135 Å². The normalized spacial score (nSPS) is 10.2. The fourth-order valence-electron chi connectivity index (χ4n) is 1.26. The molecule has 0 aliphatic rings. The number of anilines is 1. The molecule has 110 valence electrons. The predicted octanol–water partition coefficient (Wildman–Crippen LogP) is 1.34. The Morgan fingerprint density at radius 2 is 2.10 bits per heavy atom. The number of guanidine groups is 1. The molecular weight excluding hydrogens is 371 g/mol. The molecule has 0 atom stereocenters. The molecule has 0 aromatic heterocycles. The number of aliphatic imine (C=N–C) groups is 1. The fraction of sp³-hybridized carbons (Fsp3) is 0.231. The lowest BCUT2D eigenvalue weighted by atomic mass is 10.3. The highest BCUT2D eigenvalue weighted by Crippen LogP contribution is 2.14. The number of carbonyl (C=O) groups is 1. The van der Waals surface area contributed by atoms with Crippen LogP contribution in [0.1, 0.15) is 0 Å². The van der Waals surface area contributed by atoms with Gasteiger partial charge in [0.05, 0.1) is 7.11 Å². The van der Waals surface area contributed by atoms with Crippen molar-refractivity contribution >= 4 is 41.5 Å².